The van der Waals surface area contributed by atoms with Crippen molar-refractivity contribution in [3.8, 4) is 5.75 Å². The fourth-order valence-electron chi connectivity index (χ4n) is 2.14. The first-order chi connectivity index (χ1) is 9.51. The normalized spacial score (nSPS) is 12.2. The SMILES string of the molecule is COc1ccc(C(Br)Cc2ccc(C)c(C)c2)c(F)c1. The molecule has 2 aromatic carbocycles. The van der Waals surface area contributed by atoms with Gasteiger partial charge in [0.2, 0.25) is 0 Å². The van der Waals surface area contributed by atoms with Crippen molar-refractivity contribution >= 4 is 15.9 Å². The second kappa shape index (κ2) is 6.40. The molecule has 0 aliphatic carbocycles. The van der Waals surface area contributed by atoms with E-state index in [2.05, 4.69) is 48.0 Å². The highest BCUT2D eigenvalue weighted by Gasteiger charge is 2.14. The van der Waals surface area contributed by atoms with Crippen molar-refractivity contribution in [2.45, 2.75) is 25.1 Å². The Morgan fingerprint density at radius 3 is 2.45 bits per heavy atom. The second-order valence-corrected chi connectivity index (χ2v) is 6.08. The lowest BCUT2D eigenvalue weighted by Gasteiger charge is -2.13. The Labute approximate surface area is 127 Å². The maximum absolute atomic E-state index is 14.0. The van der Waals surface area contributed by atoms with Gasteiger partial charge < -0.3 is 4.74 Å². The molecule has 1 nitrogen and oxygen atoms in total. The van der Waals surface area contributed by atoms with Gasteiger partial charge in [-0.1, -0.05) is 40.2 Å². The molecular formula is C17H18BrFO. The standard InChI is InChI=1S/C17H18BrFO/c1-11-4-5-13(8-12(11)2)9-16(18)15-7-6-14(20-3)10-17(15)19/h4-8,10,16H,9H2,1-3H3. The van der Waals surface area contributed by atoms with E-state index in [1.807, 2.05) is 0 Å². The van der Waals surface area contributed by atoms with E-state index in [9.17, 15) is 4.39 Å². The first-order valence-corrected chi connectivity index (χ1v) is 7.46. The first-order valence-electron chi connectivity index (χ1n) is 6.55. The van der Waals surface area contributed by atoms with E-state index in [0.29, 0.717) is 11.3 Å². The van der Waals surface area contributed by atoms with Gasteiger partial charge in [0.15, 0.2) is 0 Å². The van der Waals surface area contributed by atoms with Crippen LogP contribution in [0.15, 0.2) is 36.4 Å². The summed E-state index contributed by atoms with van der Waals surface area (Å²) in [7, 11) is 1.54. The zero-order valence-corrected chi connectivity index (χ0v) is 13.5. The van der Waals surface area contributed by atoms with Crippen LogP contribution in [0.2, 0.25) is 0 Å². The van der Waals surface area contributed by atoms with Crippen molar-refractivity contribution in [1.29, 1.82) is 0 Å². The van der Waals surface area contributed by atoms with Crippen molar-refractivity contribution in [3.63, 3.8) is 0 Å². The third-order valence-corrected chi connectivity index (χ3v) is 4.35. The Hall–Kier alpha value is -1.35. The summed E-state index contributed by atoms with van der Waals surface area (Å²) in [4.78, 5) is -0.0458. The predicted molar refractivity (Wildman–Crippen MR) is 84.2 cm³/mol. The van der Waals surface area contributed by atoms with Gasteiger partial charge in [-0.2, -0.15) is 0 Å². The largest absolute Gasteiger partial charge is 0.497 e. The minimum absolute atomic E-state index is 0.0458. The molecule has 0 heterocycles. The molecule has 0 radical (unpaired) electrons. The first kappa shape index (κ1) is 15.0. The minimum atomic E-state index is -0.241. The van der Waals surface area contributed by atoms with E-state index in [0.717, 1.165) is 6.42 Å². The molecule has 3 heteroatoms. The molecule has 0 fully saturated rings. The summed E-state index contributed by atoms with van der Waals surface area (Å²) < 4.78 is 19.0. The van der Waals surface area contributed by atoms with Crippen LogP contribution in [0.25, 0.3) is 0 Å². The second-order valence-electron chi connectivity index (χ2n) is 4.98. The Balaban J connectivity index is 2.19. The van der Waals surface area contributed by atoms with Crippen LogP contribution in [-0.2, 0) is 6.42 Å². The van der Waals surface area contributed by atoms with E-state index in [1.165, 1.54) is 29.9 Å². The number of hydrogen-bond acceptors (Lipinski definition) is 1. The van der Waals surface area contributed by atoms with Crippen LogP contribution in [0.1, 0.15) is 27.1 Å². The van der Waals surface area contributed by atoms with Crippen LogP contribution in [0, 0.1) is 19.7 Å². The van der Waals surface area contributed by atoms with E-state index >= 15 is 0 Å². The third-order valence-electron chi connectivity index (χ3n) is 3.53. The molecule has 0 aromatic heterocycles. The quantitative estimate of drug-likeness (QED) is 0.703. The summed E-state index contributed by atoms with van der Waals surface area (Å²) >= 11 is 3.58. The highest BCUT2D eigenvalue weighted by atomic mass is 79.9. The van der Waals surface area contributed by atoms with Crippen LogP contribution in [-0.4, -0.2) is 7.11 Å². The number of aryl methyl sites for hydroxylation is 2. The predicted octanol–water partition coefficient (Wildman–Crippen LogP) is 5.13. The number of rotatable bonds is 4. The summed E-state index contributed by atoms with van der Waals surface area (Å²) in [5, 5.41) is 0. The average Bonchev–Trinajstić information content (AvgIpc) is 2.42. The topological polar surface area (TPSA) is 9.23 Å². The van der Waals surface area contributed by atoms with Crippen LogP contribution in [0.5, 0.6) is 5.75 Å². The molecule has 0 saturated carbocycles. The van der Waals surface area contributed by atoms with Gasteiger partial charge in [0.25, 0.3) is 0 Å². The molecule has 1 atom stereocenters. The monoisotopic (exact) mass is 336 g/mol. The highest BCUT2D eigenvalue weighted by molar-refractivity contribution is 9.09. The number of halogens is 2. The molecule has 2 aromatic rings. The van der Waals surface area contributed by atoms with E-state index < -0.39 is 0 Å². The minimum Gasteiger partial charge on any atom is -0.497 e. The van der Waals surface area contributed by atoms with E-state index in [4.69, 9.17) is 4.74 Å². The average molecular weight is 337 g/mol. The number of alkyl halides is 1. The van der Waals surface area contributed by atoms with Gasteiger partial charge >= 0.3 is 0 Å². The van der Waals surface area contributed by atoms with Crippen molar-refractivity contribution in [2.75, 3.05) is 7.11 Å². The zero-order valence-electron chi connectivity index (χ0n) is 11.9. The van der Waals surface area contributed by atoms with Crippen LogP contribution < -0.4 is 4.74 Å². The van der Waals surface area contributed by atoms with Gasteiger partial charge in [0.1, 0.15) is 11.6 Å². The molecule has 0 aliphatic rings. The molecule has 0 N–H and O–H groups in total. The summed E-state index contributed by atoms with van der Waals surface area (Å²) in [5.74, 6) is 0.298. The molecule has 2 rings (SSSR count). The van der Waals surface area contributed by atoms with Crippen LogP contribution in [0.3, 0.4) is 0 Å². The fourth-order valence-corrected chi connectivity index (χ4v) is 2.88. The number of methoxy groups -OCH3 is 1. The molecular weight excluding hydrogens is 319 g/mol. The van der Waals surface area contributed by atoms with E-state index in [-0.39, 0.29) is 10.6 Å². The van der Waals surface area contributed by atoms with Gasteiger partial charge in [0.05, 0.1) is 7.11 Å². The third kappa shape index (κ3) is 3.40. The van der Waals surface area contributed by atoms with Gasteiger partial charge in [-0.3, -0.25) is 0 Å². The molecule has 0 aliphatic heterocycles. The molecule has 0 spiro atoms. The Bertz CT molecular complexity index is 610. The maximum Gasteiger partial charge on any atom is 0.131 e. The molecule has 0 amide bonds. The Morgan fingerprint density at radius 2 is 1.85 bits per heavy atom. The van der Waals surface area contributed by atoms with Crippen molar-refractivity contribution in [3.05, 3.63) is 64.5 Å². The molecule has 1 unspecified atom stereocenters. The fraction of sp³-hybridized carbons (Fsp3) is 0.294. The van der Waals surface area contributed by atoms with Gasteiger partial charge in [-0.05, 0) is 43.0 Å². The number of ether oxygens (including phenoxy) is 1. The molecule has 20 heavy (non-hydrogen) atoms. The summed E-state index contributed by atoms with van der Waals surface area (Å²) in [6.45, 7) is 4.18. The van der Waals surface area contributed by atoms with Crippen LogP contribution >= 0.6 is 15.9 Å². The lowest BCUT2D eigenvalue weighted by atomic mass is 10.00. The lowest BCUT2D eigenvalue weighted by Crippen LogP contribution is -2.00. The van der Waals surface area contributed by atoms with Crippen molar-refractivity contribution in [2.24, 2.45) is 0 Å². The van der Waals surface area contributed by atoms with Crippen molar-refractivity contribution in [1.82, 2.24) is 0 Å². The smallest absolute Gasteiger partial charge is 0.131 e. The summed E-state index contributed by atoms with van der Waals surface area (Å²) in [6.07, 6.45) is 0.754. The summed E-state index contributed by atoms with van der Waals surface area (Å²) in [6, 6.07) is 11.3. The van der Waals surface area contributed by atoms with Gasteiger partial charge in [0, 0.05) is 16.5 Å². The van der Waals surface area contributed by atoms with Gasteiger partial charge in [-0.25, -0.2) is 4.39 Å². The van der Waals surface area contributed by atoms with Crippen LogP contribution in [0.4, 0.5) is 4.39 Å². The summed E-state index contributed by atoms with van der Waals surface area (Å²) in [5.41, 5.74) is 4.39. The molecule has 106 valence electrons. The zero-order chi connectivity index (χ0) is 14.7. The maximum atomic E-state index is 14.0. The van der Waals surface area contributed by atoms with Crippen molar-refractivity contribution < 1.29 is 9.13 Å². The van der Waals surface area contributed by atoms with E-state index in [1.54, 1.807) is 12.1 Å². The number of benzene rings is 2. The molecule has 0 bridgehead atoms. The Morgan fingerprint density at radius 1 is 1.10 bits per heavy atom. The Kier molecular flexibility index (Phi) is 4.81. The highest BCUT2D eigenvalue weighted by Crippen LogP contribution is 2.31. The van der Waals surface area contributed by atoms with Gasteiger partial charge in [-0.15, -0.1) is 0 Å². The molecule has 0 saturated heterocycles. The number of hydrogen-bond donors (Lipinski definition) is 0. The lowest BCUT2D eigenvalue weighted by molar-refractivity contribution is 0.410.